The van der Waals surface area contributed by atoms with E-state index in [0.29, 0.717) is 4.90 Å². The Labute approximate surface area is 110 Å². The number of hydrogen-bond donors (Lipinski definition) is 0. The molecule has 0 aromatic carbocycles. The van der Waals surface area contributed by atoms with Crippen LogP contribution in [0.4, 0.5) is 21.7 Å². The number of hydrogen-bond acceptors (Lipinski definition) is 1. The van der Waals surface area contributed by atoms with Gasteiger partial charge in [-0.25, -0.2) is 8.78 Å². The zero-order valence-corrected chi connectivity index (χ0v) is 10.0. The summed E-state index contributed by atoms with van der Waals surface area (Å²) in [6.45, 7) is -5.81. The van der Waals surface area contributed by atoms with Crippen molar-refractivity contribution >= 4 is 6.98 Å². The van der Waals surface area contributed by atoms with Gasteiger partial charge in [-0.15, -0.1) is 0 Å². The van der Waals surface area contributed by atoms with Crippen LogP contribution in [-0.4, -0.2) is 38.3 Å². The summed E-state index contributed by atoms with van der Waals surface area (Å²) in [4.78, 5) is 0.560. The first-order chi connectivity index (χ1) is 4.81. The van der Waals surface area contributed by atoms with E-state index in [-0.39, 0.29) is 51.4 Å². The standard InChI is InChI=1S/C4H8BF5N.K/c1-11(2-4(6)7)3-5(8,9)10;/h4H,2-3H2,1H3;/q-1;+1. The van der Waals surface area contributed by atoms with Gasteiger partial charge in [0.05, 0.1) is 6.54 Å². The zero-order valence-electron chi connectivity index (χ0n) is 6.91. The minimum absolute atomic E-state index is 0. The molecule has 0 aromatic heterocycles. The number of halogens is 5. The maximum Gasteiger partial charge on any atom is 1.00 e. The normalized spacial score (nSPS) is 12.0. The largest absolute Gasteiger partial charge is 1.00 e. The zero-order chi connectivity index (χ0) is 9.07. The molecular formula is C4H8BF5KN. The molecule has 0 aromatic rings. The molecule has 0 spiro atoms. The van der Waals surface area contributed by atoms with Crippen LogP contribution >= 0.6 is 0 Å². The van der Waals surface area contributed by atoms with E-state index in [9.17, 15) is 21.7 Å². The van der Waals surface area contributed by atoms with Gasteiger partial charge in [-0.3, -0.25) is 0 Å². The average molecular weight is 215 g/mol. The Morgan fingerprint density at radius 1 is 1.25 bits per heavy atom. The Hall–Kier alpha value is 1.31. The third kappa shape index (κ3) is 11.3. The minimum atomic E-state index is -4.98. The molecule has 12 heavy (non-hydrogen) atoms. The van der Waals surface area contributed by atoms with Crippen LogP contribution in [0.1, 0.15) is 0 Å². The summed E-state index contributed by atoms with van der Waals surface area (Å²) in [6.07, 6.45) is -3.94. The maximum atomic E-state index is 11.5. The van der Waals surface area contributed by atoms with Crippen molar-refractivity contribution in [2.45, 2.75) is 6.43 Å². The fourth-order valence-corrected chi connectivity index (χ4v) is 0.664. The van der Waals surface area contributed by atoms with E-state index in [4.69, 9.17) is 0 Å². The summed E-state index contributed by atoms with van der Waals surface area (Å²) in [6, 6.07) is 0. The van der Waals surface area contributed by atoms with Gasteiger partial charge in [-0.1, -0.05) is 0 Å². The molecule has 0 N–H and O–H groups in total. The summed E-state index contributed by atoms with van der Waals surface area (Å²) in [5, 5.41) is 0. The molecule has 0 heterocycles. The fourth-order valence-electron chi connectivity index (χ4n) is 0.664. The van der Waals surface area contributed by atoms with Crippen LogP contribution in [0.25, 0.3) is 0 Å². The Morgan fingerprint density at radius 2 is 1.67 bits per heavy atom. The van der Waals surface area contributed by atoms with E-state index >= 15 is 0 Å². The van der Waals surface area contributed by atoms with Crippen LogP contribution in [0.3, 0.4) is 0 Å². The molecule has 0 fully saturated rings. The van der Waals surface area contributed by atoms with Crippen molar-refractivity contribution in [3.63, 3.8) is 0 Å². The Bertz CT molecular complexity index is 119. The van der Waals surface area contributed by atoms with Crippen molar-refractivity contribution in [3.05, 3.63) is 0 Å². The monoisotopic (exact) mass is 215 g/mol. The van der Waals surface area contributed by atoms with Gasteiger partial charge in [0.25, 0.3) is 6.43 Å². The second-order valence-electron chi connectivity index (χ2n) is 2.32. The first kappa shape index (κ1) is 15.8. The van der Waals surface area contributed by atoms with Crippen molar-refractivity contribution in [2.24, 2.45) is 0 Å². The van der Waals surface area contributed by atoms with Crippen LogP contribution in [0.15, 0.2) is 0 Å². The molecule has 0 unspecified atom stereocenters. The van der Waals surface area contributed by atoms with E-state index in [1.54, 1.807) is 0 Å². The van der Waals surface area contributed by atoms with Gasteiger partial charge in [0.2, 0.25) is 0 Å². The number of rotatable bonds is 4. The van der Waals surface area contributed by atoms with Crippen LogP contribution in [0, 0.1) is 0 Å². The van der Waals surface area contributed by atoms with Gasteiger partial charge in [0.15, 0.2) is 0 Å². The van der Waals surface area contributed by atoms with Gasteiger partial charge in [0, 0.05) is 0 Å². The maximum absolute atomic E-state index is 11.5. The topological polar surface area (TPSA) is 3.24 Å². The number of nitrogens with zero attached hydrogens (tertiary/aromatic N) is 1. The van der Waals surface area contributed by atoms with Gasteiger partial charge < -0.3 is 17.8 Å². The molecule has 0 saturated heterocycles. The van der Waals surface area contributed by atoms with Gasteiger partial charge in [-0.2, -0.15) is 0 Å². The van der Waals surface area contributed by atoms with E-state index in [0.717, 1.165) is 7.05 Å². The van der Waals surface area contributed by atoms with Crippen LogP contribution in [0.2, 0.25) is 0 Å². The molecule has 8 heteroatoms. The summed E-state index contributed by atoms with van der Waals surface area (Å²) in [5.41, 5.74) is 0. The summed E-state index contributed by atoms with van der Waals surface area (Å²) >= 11 is 0. The van der Waals surface area contributed by atoms with Crippen molar-refractivity contribution in [2.75, 3.05) is 20.0 Å². The second kappa shape index (κ2) is 6.72. The molecule has 0 radical (unpaired) electrons. The molecule has 0 rings (SSSR count). The van der Waals surface area contributed by atoms with E-state index in [1.807, 2.05) is 0 Å². The molecule has 0 amide bonds. The third-order valence-corrected chi connectivity index (χ3v) is 0.968. The molecular weight excluding hydrogens is 207 g/mol. The molecule has 1 nitrogen and oxygen atoms in total. The minimum Gasteiger partial charge on any atom is -0.448 e. The predicted octanol–water partition coefficient (Wildman–Crippen LogP) is -1.43. The van der Waals surface area contributed by atoms with Crippen molar-refractivity contribution < 1.29 is 73.1 Å². The van der Waals surface area contributed by atoms with E-state index in [2.05, 4.69) is 0 Å². The summed E-state index contributed by atoms with van der Waals surface area (Å²) in [7, 11) is 1.02. The first-order valence-corrected chi connectivity index (χ1v) is 2.99. The molecule has 0 aliphatic heterocycles. The molecule has 0 aliphatic carbocycles. The van der Waals surface area contributed by atoms with Gasteiger partial charge in [-0.05, 0) is 13.5 Å². The van der Waals surface area contributed by atoms with Crippen molar-refractivity contribution in [3.8, 4) is 0 Å². The van der Waals surface area contributed by atoms with Crippen LogP contribution in [-0.2, 0) is 0 Å². The summed E-state index contributed by atoms with van der Waals surface area (Å²) in [5.74, 6) is 0. The molecule has 0 bridgehead atoms. The molecule has 68 valence electrons. The van der Waals surface area contributed by atoms with Crippen molar-refractivity contribution in [1.82, 2.24) is 4.90 Å². The van der Waals surface area contributed by atoms with Crippen LogP contribution < -0.4 is 51.4 Å². The van der Waals surface area contributed by atoms with E-state index < -0.39 is 26.4 Å². The molecule has 0 aliphatic rings. The summed E-state index contributed by atoms with van der Waals surface area (Å²) < 4.78 is 57.5. The van der Waals surface area contributed by atoms with Crippen LogP contribution in [0.5, 0.6) is 0 Å². The smallest absolute Gasteiger partial charge is 0.448 e. The SMILES string of the molecule is CN(CC(F)F)C[B-](F)(F)F.[K+]. The fraction of sp³-hybridized carbons (Fsp3) is 1.00. The average Bonchev–Trinajstić information content (AvgIpc) is 1.53. The molecule has 0 saturated carbocycles. The Kier molecular flexibility index (Phi) is 8.83. The predicted molar refractivity (Wildman–Crippen MR) is 32.6 cm³/mol. The quantitative estimate of drug-likeness (QED) is 0.410. The van der Waals surface area contributed by atoms with E-state index in [1.165, 1.54) is 0 Å². The molecule has 0 atom stereocenters. The van der Waals surface area contributed by atoms with Gasteiger partial charge >= 0.3 is 58.4 Å². The Balaban J connectivity index is 0. The third-order valence-electron chi connectivity index (χ3n) is 0.968. The number of alkyl halides is 2. The first-order valence-electron chi connectivity index (χ1n) is 2.99. The Morgan fingerprint density at radius 3 is 1.92 bits per heavy atom. The second-order valence-corrected chi connectivity index (χ2v) is 2.32. The van der Waals surface area contributed by atoms with Gasteiger partial charge in [0.1, 0.15) is 0 Å². The van der Waals surface area contributed by atoms with Crippen molar-refractivity contribution in [1.29, 1.82) is 0 Å².